The van der Waals surface area contributed by atoms with Gasteiger partial charge in [-0.1, -0.05) is 68.4 Å². The lowest BCUT2D eigenvalue weighted by Crippen LogP contribution is -2.59. The van der Waals surface area contributed by atoms with Crippen LogP contribution in [0.15, 0.2) is 54.6 Å². The molecule has 1 aromatic heterocycles. The molecule has 1 aliphatic heterocycles. The van der Waals surface area contributed by atoms with Gasteiger partial charge in [-0.15, -0.1) is 0 Å². The van der Waals surface area contributed by atoms with E-state index in [2.05, 4.69) is 41.9 Å². The average Bonchev–Trinajstić information content (AvgIpc) is 3.28. The molecule has 0 bridgehead atoms. The number of carbonyl (C=O) groups is 3. The minimum Gasteiger partial charge on any atom is -0.368 e. The maximum atomic E-state index is 14.2. The molecule has 3 aromatic rings. The fourth-order valence-electron chi connectivity index (χ4n) is 5.44. The smallest absolute Gasteiger partial charge is 0.258 e. The third kappa shape index (κ3) is 5.33. The second kappa shape index (κ2) is 11.2. The molecule has 1 aliphatic rings. The standard InChI is InChI=1S/C31H40N6O3/c1-7-21-14-16-23(17-15-21)31(8-2,29(40)33-20(4)26(32)38)35-28(39)25-19(3)36-37-27(25)34-24(18-30(37,5)6)22-12-10-9-11-13-22/h9-17,20,24,34H,7-8,18H2,1-6H3,(H2,32,38)(H,33,40)(H,35,39)/t20?,24-,31-/m1/s1. The Morgan fingerprint density at radius 2 is 1.77 bits per heavy atom. The summed E-state index contributed by atoms with van der Waals surface area (Å²) in [5, 5.41) is 14.1. The van der Waals surface area contributed by atoms with Gasteiger partial charge in [0.1, 0.15) is 23.0 Å². The highest BCUT2D eigenvalue weighted by atomic mass is 16.2. The summed E-state index contributed by atoms with van der Waals surface area (Å²) in [6.45, 7) is 11.4. The maximum Gasteiger partial charge on any atom is 0.258 e. The molecule has 0 saturated carbocycles. The highest BCUT2D eigenvalue weighted by molar-refractivity contribution is 6.04. The molecule has 9 heteroatoms. The van der Waals surface area contributed by atoms with Crippen molar-refractivity contribution in [2.24, 2.45) is 5.73 Å². The van der Waals surface area contributed by atoms with Gasteiger partial charge >= 0.3 is 0 Å². The number of rotatable bonds is 9. The minimum absolute atomic E-state index is 0.0245. The van der Waals surface area contributed by atoms with Gasteiger partial charge in [0.25, 0.3) is 11.8 Å². The van der Waals surface area contributed by atoms with Crippen molar-refractivity contribution in [3.05, 3.63) is 82.5 Å². The van der Waals surface area contributed by atoms with Crippen LogP contribution in [-0.2, 0) is 27.1 Å². The van der Waals surface area contributed by atoms with Gasteiger partial charge in [-0.2, -0.15) is 5.10 Å². The number of aromatic nitrogens is 2. The van der Waals surface area contributed by atoms with Gasteiger partial charge < -0.3 is 21.7 Å². The Balaban J connectivity index is 1.77. The minimum atomic E-state index is -1.45. The van der Waals surface area contributed by atoms with Crippen molar-refractivity contribution < 1.29 is 14.4 Å². The summed E-state index contributed by atoms with van der Waals surface area (Å²) in [6.07, 6.45) is 1.86. The Labute approximate surface area is 235 Å². The van der Waals surface area contributed by atoms with Crippen molar-refractivity contribution in [1.82, 2.24) is 20.4 Å². The van der Waals surface area contributed by atoms with E-state index in [1.54, 1.807) is 6.92 Å². The quantitative estimate of drug-likeness (QED) is 0.323. The van der Waals surface area contributed by atoms with Crippen LogP contribution < -0.4 is 21.7 Å². The molecule has 0 radical (unpaired) electrons. The second-order valence-corrected chi connectivity index (χ2v) is 11.2. The van der Waals surface area contributed by atoms with Crippen molar-refractivity contribution >= 4 is 23.5 Å². The first-order valence-corrected chi connectivity index (χ1v) is 13.9. The van der Waals surface area contributed by atoms with Crippen LogP contribution >= 0.6 is 0 Å². The van der Waals surface area contributed by atoms with Gasteiger partial charge in [-0.3, -0.25) is 14.4 Å². The fraction of sp³-hybridized carbons (Fsp3) is 0.419. The predicted molar refractivity (Wildman–Crippen MR) is 156 cm³/mol. The third-order valence-corrected chi connectivity index (χ3v) is 7.95. The van der Waals surface area contributed by atoms with Gasteiger partial charge in [0.15, 0.2) is 0 Å². The van der Waals surface area contributed by atoms with Crippen LogP contribution in [0.1, 0.15) is 86.2 Å². The molecule has 3 atom stereocenters. The number of benzene rings is 2. The molecule has 1 unspecified atom stereocenters. The number of nitrogens with two attached hydrogens (primary N) is 1. The molecule has 212 valence electrons. The number of fused-ring (bicyclic) bond motifs is 1. The van der Waals surface area contributed by atoms with E-state index in [0.717, 1.165) is 24.0 Å². The number of primary amides is 1. The number of aryl methyl sites for hydroxylation is 2. The van der Waals surface area contributed by atoms with E-state index in [4.69, 9.17) is 10.8 Å². The number of hydrogen-bond donors (Lipinski definition) is 4. The van der Waals surface area contributed by atoms with Gasteiger partial charge in [0, 0.05) is 0 Å². The Kier molecular flexibility index (Phi) is 8.05. The monoisotopic (exact) mass is 544 g/mol. The lowest BCUT2D eigenvalue weighted by Gasteiger charge is -2.38. The highest BCUT2D eigenvalue weighted by Gasteiger charge is 2.44. The van der Waals surface area contributed by atoms with Crippen molar-refractivity contribution in [3.8, 4) is 0 Å². The molecule has 3 amide bonds. The topological polar surface area (TPSA) is 131 Å². The normalized spacial score (nSPS) is 18.0. The summed E-state index contributed by atoms with van der Waals surface area (Å²) in [5.41, 5.74) is 7.40. The number of amides is 3. The first-order chi connectivity index (χ1) is 18.9. The molecule has 0 fully saturated rings. The SMILES string of the molecule is CCc1ccc([C@@](CC)(NC(=O)c2c(C)nn3c2N[C@@H](c2ccccc2)CC3(C)C)C(=O)NC(C)C(N)=O)cc1. The van der Waals surface area contributed by atoms with E-state index in [1.165, 1.54) is 6.92 Å². The molecule has 0 aliphatic carbocycles. The molecule has 2 aromatic carbocycles. The first-order valence-electron chi connectivity index (χ1n) is 13.9. The largest absolute Gasteiger partial charge is 0.368 e. The lowest BCUT2D eigenvalue weighted by molar-refractivity contribution is -0.131. The van der Waals surface area contributed by atoms with Crippen LogP contribution in [0.3, 0.4) is 0 Å². The molecular weight excluding hydrogens is 504 g/mol. The number of carbonyl (C=O) groups excluding carboxylic acids is 3. The Morgan fingerprint density at radius 1 is 1.12 bits per heavy atom. The summed E-state index contributed by atoms with van der Waals surface area (Å²) in [7, 11) is 0. The van der Waals surface area contributed by atoms with Crippen LogP contribution in [0.25, 0.3) is 0 Å². The van der Waals surface area contributed by atoms with Crippen LogP contribution in [0.2, 0.25) is 0 Å². The number of anilines is 1. The van der Waals surface area contributed by atoms with Crippen molar-refractivity contribution in [1.29, 1.82) is 0 Å². The van der Waals surface area contributed by atoms with E-state index in [9.17, 15) is 14.4 Å². The zero-order valence-corrected chi connectivity index (χ0v) is 24.2. The van der Waals surface area contributed by atoms with E-state index in [1.807, 2.05) is 61.0 Å². The highest BCUT2D eigenvalue weighted by Crippen LogP contribution is 2.41. The number of hydrogen-bond acceptors (Lipinski definition) is 5. The molecule has 0 spiro atoms. The van der Waals surface area contributed by atoms with Gasteiger partial charge in [0.05, 0.1) is 17.3 Å². The molecule has 5 N–H and O–H groups in total. The molecule has 40 heavy (non-hydrogen) atoms. The van der Waals surface area contributed by atoms with Crippen molar-refractivity contribution in [2.75, 3.05) is 5.32 Å². The van der Waals surface area contributed by atoms with Crippen LogP contribution in [0.5, 0.6) is 0 Å². The van der Waals surface area contributed by atoms with E-state index in [-0.39, 0.29) is 18.0 Å². The van der Waals surface area contributed by atoms with Gasteiger partial charge in [-0.25, -0.2) is 4.68 Å². The molecular formula is C31H40N6O3. The molecule has 4 rings (SSSR count). The number of nitrogens with zero attached hydrogens (tertiary/aromatic N) is 2. The lowest BCUT2D eigenvalue weighted by atomic mass is 9.84. The predicted octanol–water partition coefficient (Wildman–Crippen LogP) is 4.07. The molecule has 0 saturated heterocycles. The van der Waals surface area contributed by atoms with E-state index < -0.39 is 29.3 Å². The van der Waals surface area contributed by atoms with Crippen molar-refractivity contribution in [2.45, 2.75) is 84.0 Å². The summed E-state index contributed by atoms with van der Waals surface area (Å²) in [5.74, 6) is -0.990. The van der Waals surface area contributed by atoms with Crippen molar-refractivity contribution in [3.63, 3.8) is 0 Å². The third-order valence-electron chi connectivity index (χ3n) is 7.95. The van der Waals surface area contributed by atoms with Gasteiger partial charge in [-0.05, 0) is 63.6 Å². The fourth-order valence-corrected chi connectivity index (χ4v) is 5.44. The van der Waals surface area contributed by atoms with Crippen LogP contribution in [-0.4, -0.2) is 33.5 Å². The molecule has 9 nitrogen and oxygen atoms in total. The van der Waals surface area contributed by atoms with E-state index in [0.29, 0.717) is 22.6 Å². The Morgan fingerprint density at radius 3 is 2.35 bits per heavy atom. The zero-order chi connectivity index (χ0) is 29.2. The first kappa shape index (κ1) is 28.9. The van der Waals surface area contributed by atoms with E-state index >= 15 is 0 Å². The summed E-state index contributed by atoms with van der Waals surface area (Å²) in [4.78, 5) is 39.8. The van der Waals surface area contributed by atoms with Crippen LogP contribution in [0.4, 0.5) is 5.82 Å². The zero-order valence-electron chi connectivity index (χ0n) is 24.2. The maximum absolute atomic E-state index is 14.2. The number of nitrogens with one attached hydrogen (secondary N) is 3. The summed E-state index contributed by atoms with van der Waals surface area (Å²) >= 11 is 0. The summed E-state index contributed by atoms with van der Waals surface area (Å²) in [6, 6.07) is 16.8. The second-order valence-electron chi connectivity index (χ2n) is 11.2. The Hall–Kier alpha value is -4.14. The summed E-state index contributed by atoms with van der Waals surface area (Å²) < 4.78 is 1.87. The van der Waals surface area contributed by atoms with Gasteiger partial charge in [0.2, 0.25) is 5.91 Å². The average molecular weight is 545 g/mol. The molecule has 2 heterocycles. The Bertz CT molecular complexity index is 1400. The van der Waals surface area contributed by atoms with Crippen LogP contribution in [0, 0.1) is 6.92 Å².